The van der Waals surface area contributed by atoms with E-state index < -0.39 is 0 Å². The molecule has 2 heterocycles. The minimum atomic E-state index is -0.116. The van der Waals surface area contributed by atoms with Gasteiger partial charge in [0.1, 0.15) is 6.54 Å². The molecular weight excluding hydrogens is 362 g/mol. The number of carbonyl (C=O) groups is 2. The van der Waals surface area contributed by atoms with Gasteiger partial charge in [-0.25, -0.2) is 0 Å². The van der Waals surface area contributed by atoms with E-state index in [0.717, 1.165) is 37.3 Å². The average molecular weight is 392 g/mol. The van der Waals surface area contributed by atoms with Gasteiger partial charge >= 0.3 is 0 Å². The van der Waals surface area contributed by atoms with E-state index in [9.17, 15) is 9.59 Å². The van der Waals surface area contributed by atoms with Gasteiger partial charge in [-0.1, -0.05) is 18.2 Å². The van der Waals surface area contributed by atoms with Crippen LogP contribution >= 0.6 is 0 Å². The smallest absolute Gasteiger partial charge is 0.247 e. The van der Waals surface area contributed by atoms with Crippen molar-refractivity contribution in [3.63, 3.8) is 0 Å². The third-order valence-corrected chi connectivity index (χ3v) is 5.97. The summed E-state index contributed by atoms with van der Waals surface area (Å²) in [6.45, 7) is 4.46. The summed E-state index contributed by atoms with van der Waals surface area (Å²) in [7, 11) is 0. The molecule has 0 unspecified atom stereocenters. The fourth-order valence-electron chi connectivity index (χ4n) is 4.39. The molecular formula is C24H29N3O2. The maximum absolute atomic E-state index is 13.1. The molecule has 2 aromatic carbocycles. The van der Waals surface area contributed by atoms with Gasteiger partial charge in [-0.05, 0) is 68.0 Å². The lowest BCUT2D eigenvalue weighted by Gasteiger charge is -2.32. The predicted octanol–water partition coefficient (Wildman–Crippen LogP) is 4.01. The summed E-state index contributed by atoms with van der Waals surface area (Å²) in [6, 6.07) is 16.1. The van der Waals surface area contributed by atoms with Crippen molar-refractivity contribution < 1.29 is 9.59 Å². The van der Waals surface area contributed by atoms with Gasteiger partial charge in [0.25, 0.3) is 0 Å². The maximum atomic E-state index is 13.1. The van der Waals surface area contributed by atoms with E-state index in [0.29, 0.717) is 6.54 Å². The van der Waals surface area contributed by atoms with E-state index in [1.807, 2.05) is 35.2 Å². The molecule has 5 heteroatoms. The molecule has 2 amide bonds. The summed E-state index contributed by atoms with van der Waals surface area (Å²) in [4.78, 5) is 31.2. The third-order valence-electron chi connectivity index (χ3n) is 5.97. The van der Waals surface area contributed by atoms with Crippen LogP contribution in [0.2, 0.25) is 0 Å². The maximum Gasteiger partial charge on any atom is 0.247 e. The molecule has 0 saturated carbocycles. The lowest BCUT2D eigenvalue weighted by molar-refractivity contribution is -0.121. The summed E-state index contributed by atoms with van der Waals surface area (Å²) >= 11 is 0. The Morgan fingerprint density at radius 1 is 0.897 bits per heavy atom. The van der Waals surface area contributed by atoms with Crippen LogP contribution in [0.15, 0.2) is 48.5 Å². The molecule has 2 aromatic rings. The lowest BCUT2D eigenvalue weighted by Crippen LogP contribution is -2.44. The number of hydrogen-bond acceptors (Lipinski definition) is 3. The van der Waals surface area contributed by atoms with Crippen LogP contribution in [0, 0.1) is 0 Å². The molecule has 1 saturated heterocycles. The van der Waals surface area contributed by atoms with Crippen LogP contribution in [0.25, 0.3) is 0 Å². The number of aryl methyl sites for hydroxylation is 1. The number of para-hydroxylation sites is 1. The zero-order chi connectivity index (χ0) is 20.2. The van der Waals surface area contributed by atoms with Gasteiger partial charge in [0.05, 0.1) is 0 Å². The monoisotopic (exact) mass is 391 g/mol. The average Bonchev–Trinajstić information content (AvgIpc) is 2.77. The first-order valence-corrected chi connectivity index (χ1v) is 10.6. The molecule has 5 nitrogen and oxygen atoms in total. The molecule has 0 aromatic heterocycles. The van der Waals surface area contributed by atoms with Crippen LogP contribution in [0.1, 0.15) is 38.2 Å². The third kappa shape index (κ3) is 4.29. The Bertz CT molecular complexity index is 872. The number of rotatable bonds is 4. The fraction of sp³-hybridized carbons (Fsp3) is 0.417. The molecule has 2 aliphatic heterocycles. The van der Waals surface area contributed by atoms with Crippen LogP contribution in [0.5, 0.6) is 0 Å². The Morgan fingerprint density at radius 2 is 1.62 bits per heavy atom. The Balaban J connectivity index is 1.50. The van der Waals surface area contributed by atoms with Crippen molar-refractivity contribution in [3.05, 3.63) is 54.1 Å². The summed E-state index contributed by atoms with van der Waals surface area (Å²) in [6.07, 6.45) is 5.70. The van der Waals surface area contributed by atoms with E-state index in [-0.39, 0.29) is 18.4 Å². The van der Waals surface area contributed by atoms with Gasteiger partial charge < -0.3 is 14.7 Å². The van der Waals surface area contributed by atoms with E-state index in [4.69, 9.17) is 0 Å². The van der Waals surface area contributed by atoms with Gasteiger partial charge in [0.15, 0.2) is 0 Å². The van der Waals surface area contributed by atoms with Crippen LogP contribution < -0.4 is 14.7 Å². The highest BCUT2D eigenvalue weighted by Gasteiger charge is 2.25. The van der Waals surface area contributed by atoms with Crippen molar-refractivity contribution in [3.8, 4) is 0 Å². The lowest BCUT2D eigenvalue weighted by atomic mass is 10.0. The predicted molar refractivity (Wildman–Crippen MR) is 118 cm³/mol. The standard InChI is InChI=1S/C24H29N3O2/c1-19(28)27(22-13-11-21(12-14-22)25-15-5-2-6-16-25)18-24(29)26-17-7-9-20-8-3-4-10-23(20)26/h3-4,8,10-14H,2,5-7,9,15-18H2,1H3. The minimum Gasteiger partial charge on any atom is -0.372 e. The molecule has 0 spiro atoms. The first-order chi connectivity index (χ1) is 14.1. The number of hydrogen-bond donors (Lipinski definition) is 0. The number of fused-ring (bicyclic) bond motifs is 1. The molecule has 0 radical (unpaired) electrons. The first-order valence-electron chi connectivity index (χ1n) is 10.6. The molecule has 152 valence electrons. The highest BCUT2D eigenvalue weighted by Crippen LogP contribution is 2.28. The zero-order valence-electron chi connectivity index (χ0n) is 17.1. The molecule has 0 aliphatic carbocycles. The van der Waals surface area contributed by atoms with Crippen molar-refractivity contribution in [2.75, 3.05) is 40.9 Å². The molecule has 4 rings (SSSR count). The normalized spacial score (nSPS) is 16.3. The largest absolute Gasteiger partial charge is 0.372 e. The second-order valence-electron chi connectivity index (χ2n) is 7.95. The fourth-order valence-corrected chi connectivity index (χ4v) is 4.39. The quantitative estimate of drug-likeness (QED) is 0.791. The SMILES string of the molecule is CC(=O)N(CC(=O)N1CCCc2ccccc21)c1ccc(N2CCCCC2)cc1. The Hall–Kier alpha value is -2.82. The number of benzene rings is 2. The van der Waals surface area contributed by atoms with Gasteiger partial charge in [-0.2, -0.15) is 0 Å². The van der Waals surface area contributed by atoms with E-state index in [2.05, 4.69) is 23.1 Å². The van der Waals surface area contributed by atoms with Crippen LogP contribution in [0.4, 0.5) is 17.1 Å². The summed E-state index contributed by atoms with van der Waals surface area (Å²) in [5.41, 5.74) is 4.14. The Labute approximate surface area is 172 Å². The molecule has 0 N–H and O–H groups in total. The highest BCUT2D eigenvalue weighted by molar-refractivity contribution is 6.03. The van der Waals surface area contributed by atoms with Crippen molar-refractivity contribution in [2.45, 2.75) is 39.0 Å². The van der Waals surface area contributed by atoms with Crippen LogP contribution in [0.3, 0.4) is 0 Å². The molecule has 1 fully saturated rings. The molecule has 29 heavy (non-hydrogen) atoms. The second kappa shape index (κ2) is 8.68. The molecule has 0 bridgehead atoms. The zero-order valence-corrected chi connectivity index (χ0v) is 17.1. The van der Waals surface area contributed by atoms with E-state index in [1.165, 1.54) is 37.4 Å². The van der Waals surface area contributed by atoms with Gasteiger partial charge in [-0.3, -0.25) is 9.59 Å². The van der Waals surface area contributed by atoms with Crippen molar-refractivity contribution in [1.29, 1.82) is 0 Å². The van der Waals surface area contributed by atoms with Crippen LogP contribution in [-0.2, 0) is 16.0 Å². The summed E-state index contributed by atoms with van der Waals surface area (Å²) in [5, 5.41) is 0. The molecule has 2 aliphatic rings. The van der Waals surface area contributed by atoms with Crippen molar-refractivity contribution in [1.82, 2.24) is 0 Å². The van der Waals surface area contributed by atoms with Gasteiger partial charge in [0, 0.05) is 43.6 Å². The van der Waals surface area contributed by atoms with E-state index in [1.54, 1.807) is 4.90 Å². The van der Waals surface area contributed by atoms with Gasteiger partial charge in [0.2, 0.25) is 11.8 Å². The summed E-state index contributed by atoms with van der Waals surface area (Å²) < 4.78 is 0. The topological polar surface area (TPSA) is 43.9 Å². The number of nitrogens with zero attached hydrogens (tertiary/aromatic N) is 3. The highest BCUT2D eigenvalue weighted by atomic mass is 16.2. The first kappa shape index (κ1) is 19.5. The van der Waals surface area contributed by atoms with Crippen LogP contribution in [-0.4, -0.2) is 38.0 Å². The Kier molecular flexibility index (Phi) is 5.84. The minimum absolute atomic E-state index is 0.0348. The van der Waals surface area contributed by atoms with Gasteiger partial charge in [-0.15, -0.1) is 0 Å². The van der Waals surface area contributed by atoms with Crippen molar-refractivity contribution >= 4 is 28.9 Å². The number of carbonyl (C=O) groups excluding carboxylic acids is 2. The summed E-state index contributed by atoms with van der Waals surface area (Å²) in [5.74, 6) is -0.151. The number of amides is 2. The second-order valence-corrected chi connectivity index (χ2v) is 7.95. The number of piperidine rings is 1. The van der Waals surface area contributed by atoms with Crippen molar-refractivity contribution in [2.24, 2.45) is 0 Å². The Morgan fingerprint density at radius 3 is 2.34 bits per heavy atom. The molecule has 0 atom stereocenters. The van der Waals surface area contributed by atoms with E-state index >= 15 is 0 Å². The number of anilines is 3.